The third-order valence-corrected chi connectivity index (χ3v) is 2.93. The average Bonchev–Trinajstić information content (AvgIpc) is 2.31. The Morgan fingerprint density at radius 2 is 1.78 bits per heavy atom. The van der Waals surface area contributed by atoms with Crippen molar-refractivity contribution in [1.82, 2.24) is 0 Å². The molecule has 0 aliphatic rings. The molecule has 2 aromatic rings. The normalized spacial score (nSPS) is 10.3. The van der Waals surface area contributed by atoms with E-state index in [1.54, 1.807) is 6.07 Å². The van der Waals surface area contributed by atoms with E-state index in [9.17, 15) is 9.90 Å². The minimum Gasteiger partial charge on any atom is -0.507 e. The number of aryl methyl sites for hydroxylation is 2. The molecule has 0 saturated carbocycles. The molecule has 0 atom stereocenters. The van der Waals surface area contributed by atoms with Crippen LogP contribution in [0.25, 0.3) is 11.1 Å². The van der Waals surface area contributed by atoms with Crippen LogP contribution < -0.4 is 0 Å². The fraction of sp³-hybridized carbons (Fsp3) is 0.133. The monoisotopic (exact) mass is 242 g/mol. The standard InChI is InChI=1S/C15H14O3/c1-9-3-4-10(2)13(7-9)11-5-6-12(15(17)18)14(16)8-11/h3-8,16H,1-2H3,(H,17,18). The highest BCUT2D eigenvalue weighted by atomic mass is 16.4. The van der Waals surface area contributed by atoms with Gasteiger partial charge in [0.05, 0.1) is 0 Å². The van der Waals surface area contributed by atoms with E-state index in [1.165, 1.54) is 12.1 Å². The van der Waals surface area contributed by atoms with Crippen LogP contribution in [0.3, 0.4) is 0 Å². The molecule has 0 aromatic heterocycles. The molecular weight excluding hydrogens is 228 g/mol. The molecule has 92 valence electrons. The maximum Gasteiger partial charge on any atom is 0.339 e. The summed E-state index contributed by atoms with van der Waals surface area (Å²) in [6.45, 7) is 3.98. The van der Waals surface area contributed by atoms with Crippen LogP contribution in [0.15, 0.2) is 36.4 Å². The quantitative estimate of drug-likeness (QED) is 0.848. The fourth-order valence-electron chi connectivity index (χ4n) is 1.93. The molecule has 0 amide bonds. The lowest BCUT2D eigenvalue weighted by Gasteiger charge is -2.09. The molecule has 0 saturated heterocycles. The lowest BCUT2D eigenvalue weighted by atomic mass is 9.97. The smallest absolute Gasteiger partial charge is 0.339 e. The Hall–Kier alpha value is -2.29. The average molecular weight is 242 g/mol. The van der Waals surface area contributed by atoms with Crippen molar-refractivity contribution in [3.05, 3.63) is 53.1 Å². The van der Waals surface area contributed by atoms with Gasteiger partial charge >= 0.3 is 5.97 Å². The highest BCUT2D eigenvalue weighted by molar-refractivity contribution is 5.91. The molecule has 3 heteroatoms. The Labute approximate surface area is 105 Å². The first-order chi connectivity index (χ1) is 8.49. The van der Waals surface area contributed by atoms with Gasteiger partial charge in [0, 0.05) is 0 Å². The second-order valence-corrected chi connectivity index (χ2v) is 4.36. The lowest BCUT2D eigenvalue weighted by Crippen LogP contribution is -1.96. The highest BCUT2D eigenvalue weighted by Gasteiger charge is 2.11. The summed E-state index contributed by atoms with van der Waals surface area (Å²) in [5, 5.41) is 18.6. The van der Waals surface area contributed by atoms with Gasteiger partial charge in [0.1, 0.15) is 11.3 Å². The minimum absolute atomic E-state index is 0.0796. The van der Waals surface area contributed by atoms with E-state index in [0.29, 0.717) is 0 Å². The number of carboxylic acids is 1. The zero-order valence-corrected chi connectivity index (χ0v) is 10.3. The van der Waals surface area contributed by atoms with Gasteiger partial charge in [0.15, 0.2) is 0 Å². The zero-order valence-electron chi connectivity index (χ0n) is 10.3. The van der Waals surface area contributed by atoms with E-state index in [-0.39, 0.29) is 11.3 Å². The number of hydrogen-bond donors (Lipinski definition) is 2. The van der Waals surface area contributed by atoms with E-state index < -0.39 is 5.97 Å². The maximum absolute atomic E-state index is 10.8. The molecule has 0 fully saturated rings. The Bertz CT molecular complexity index is 615. The summed E-state index contributed by atoms with van der Waals surface area (Å²) >= 11 is 0. The predicted octanol–water partition coefficient (Wildman–Crippen LogP) is 3.37. The van der Waals surface area contributed by atoms with Gasteiger partial charge in [-0.25, -0.2) is 4.79 Å². The second-order valence-electron chi connectivity index (χ2n) is 4.36. The summed E-state index contributed by atoms with van der Waals surface area (Å²) in [7, 11) is 0. The molecule has 0 heterocycles. The molecule has 2 N–H and O–H groups in total. The first-order valence-electron chi connectivity index (χ1n) is 5.63. The summed E-state index contributed by atoms with van der Waals surface area (Å²) in [6.07, 6.45) is 0. The third-order valence-electron chi connectivity index (χ3n) is 2.93. The molecule has 0 spiro atoms. The fourth-order valence-corrected chi connectivity index (χ4v) is 1.93. The van der Waals surface area contributed by atoms with Gasteiger partial charge in [-0.2, -0.15) is 0 Å². The molecule has 0 radical (unpaired) electrons. The van der Waals surface area contributed by atoms with Crippen LogP contribution in [0.2, 0.25) is 0 Å². The summed E-state index contributed by atoms with van der Waals surface area (Å²) in [4.78, 5) is 10.8. The molecule has 0 aliphatic heterocycles. The van der Waals surface area contributed by atoms with Crippen LogP contribution >= 0.6 is 0 Å². The number of rotatable bonds is 2. The van der Waals surface area contributed by atoms with Crippen molar-refractivity contribution in [2.75, 3.05) is 0 Å². The molecule has 0 bridgehead atoms. The van der Waals surface area contributed by atoms with E-state index in [1.807, 2.05) is 32.0 Å². The van der Waals surface area contributed by atoms with Crippen LogP contribution in [0.4, 0.5) is 0 Å². The Morgan fingerprint density at radius 1 is 1.06 bits per heavy atom. The number of carboxylic acid groups (broad SMARTS) is 1. The summed E-state index contributed by atoms with van der Waals surface area (Å²) in [5.41, 5.74) is 3.95. The van der Waals surface area contributed by atoms with Gasteiger partial charge in [-0.05, 0) is 42.7 Å². The molecule has 2 rings (SSSR count). The van der Waals surface area contributed by atoms with Gasteiger partial charge in [-0.15, -0.1) is 0 Å². The van der Waals surface area contributed by atoms with Crippen LogP contribution in [0.1, 0.15) is 21.5 Å². The predicted molar refractivity (Wildman–Crippen MR) is 70.0 cm³/mol. The van der Waals surface area contributed by atoms with Crippen molar-refractivity contribution in [1.29, 1.82) is 0 Å². The number of aromatic carboxylic acids is 1. The molecule has 0 unspecified atom stereocenters. The largest absolute Gasteiger partial charge is 0.507 e. The van der Waals surface area contributed by atoms with Crippen molar-refractivity contribution in [2.24, 2.45) is 0 Å². The molecule has 2 aromatic carbocycles. The van der Waals surface area contributed by atoms with Crippen molar-refractivity contribution in [3.63, 3.8) is 0 Å². The van der Waals surface area contributed by atoms with Gasteiger partial charge in [0.2, 0.25) is 0 Å². The van der Waals surface area contributed by atoms with Crippen LogP contribution in [0.5, 0.6) is 5.75 Å². The second kappa shape index (κ2) is 4.53. The first-order valence-corrected chi connectivity index (χ1v) is 5.63. The summed E-state index contributed by atoms with van der Waals surface area (Å²) in [5.74, 6) is -1.33. The van der Waals surface area contributed by atoms with Crippen LogP contribution in [-0.4, -0.2) is 16.2 Å². The third kappa shape index (κ3) is 2.20. The van der Waals surface area contributed by atoms with E-state index in [0.717, 1.165) is 22.3 Å². The first kappa shape index (κ1) is 12.2. The van der Waals surface area contributed by atoms with Crippen LogP contribution in [-0.2, 0) is 0 Å². The van der Waals surface area contributed by atoms with Gasteiger partial charge in [-0.3, -0.25) is 0 Å². The number of carbonyl (C=O) groups is 1. The minimum atomic E-state index is -1.12. The molecule has 3 nitrogen and oxygen atoms in total. The summed E-state index contributed by atoms with van der Waals surface area (Å²) in [6, 6.07) is 10.7. The van der Waals surface area contributed by atoms with Gasteiger partial charge in [-0.1, -0.05) is 29.8 Å². The SMILES string of the molecule is Cc1ccc(C)c(-c2ccc(C(=O)O)c(O)c2)c1. The highest BCUT2D eigenvalue weighted by Crippen LogP contribution is 2.29. The van der Waals surface area contributed by atoms with Crippen molar-refractivity contribution in [2.45, 2.75) is 13.8 Å². The number of benzene rings is 2. The molecule has 0 aliphatic carbocycles. The van der Waals surface area contributed by atoms with E-state index in [4.69, 9.17) is 5.11 Å². The number of phenols is 1. The number of aromatic hydroxyl groups is 1. The van der Waals surface area contributed by atoms with E-state index >= 15 is 0 Å². The Morgan fingerprint density at radius 3 is 2.39 bits per heavy atom. The van der Waals surface area contributed by atoms with Gasteiger partial charge < -0.3 is 10.2 Å². The Balaban J connectivity index is 2.55. The van der Waals surface area contributed by atoms with Crippen molar-refractivity contribution < 1.29 is 15.0 Å². The Kier molecular flexibility index (Phi) is 3.06. The maximum atomic E-state index is 10.8. The number of hydrogen-bond acceptors (Lipinski definition) is 2. The van der Waals surface area contributed by atoms with Crippen molar-refractivity contribution >= 4 is 5.97 Å². The lowest BCUT2D eigenvalue weighted by molar-refractivity contribution is 0.0694. The van der Waals surface area contributed by atoms with Crippen LogP contribution in [0, 0.1) is 13.8 Å². The molecular formula is C15H14O3. The topological polar surface area (TPSA) is 57.5 Å². The van der Waals surface area contributed by atoms with E-state index in [2.05, 4.69) is 0 Å². The van der Waals surface area contributed by atoms with Gasteiger partial charge in [0.25, 0.3) is 0 Å². The zero-order chi connectivity index (χ0) is 13.3. The van der Waals surface area contributed by atoms with Crippen molar-refractivity contribution in [3.8, 4) is 16.9 Å². The molecule has 18 heavy (non-hydrogen) atoms. The summed E-state index contributed by atoms with van der Waals surface area (Å²) < 4.78 is 0.